The summed E-state index contributed by atoms with van der Waals surface area (Å²) < 4.78 is 5.30. The Hall–Kier alpha value is -3.53. The van der Waals surface area contributed by atoms with Crippen molar-refractivity contribution in [3.8, 4) is 11.1 Å². The van der Waals surface area contributed by atoms with Crippen LogP contribution in [-0.2, 0) is 11.3 Å². The predicted octanol–water partition coefficient (Wildman–Crippen LogP) is 4.09. The third-order valence-electron chi connectivity index (χ3n) is 4.38. The van der Waals surface area contributed by atoms with Crippen molar-refractivity contribution >= 4 is 17.5 Å². The molecule has 4 nitrogen and oxygen atoms in total. The van der Waals surface area contributed by atoms with Gasteiger partial charge in [-0.25, -0.2) is 4.79 Å². The number of Topliss-reactive ketones (excluding diaryl/α,β-unsaturated/α-hetero) is 2. The molecule has 0 heterocycles. The van der Waals surface area contributed by atoms with Crippen LogP contribution in [-0.4, -0.2) is 17.5 Å². The number of hydrogen-bond donors (Lipinski definition) is 0. The Morgan fingerprint density at radius 2 is 1.31 bits per heavy atom. The first kappa shape index (κ1) is 16.0. The van der Waals surface area contributed by atoms with E-state index in [1.807, 2.05) is 36.4 Å². The molecule has 26 heavy (non-hydrogen) atoms. The largest absolute Gasteiger partial charge is 0.457 e. The summed E-state index contributed by atoms with van der Waals surface area (Å²) >= 11 is 0. The molecule has 4 rings (SSSR count). The Bertz CT molecular complexity index is 1040. The molecule has 126 valence electrons. The summed E-state index contributed by atoms with van der Waals surface area (Å²) in [5, 5.41) is 0. The van der Waals surface area contributed by atoms with E-state index in [0.717, 1.165) is 5.56 Å². The third-order valence-corrected chi connectivity index (χ3v) is 4.38. The molecular weight excluding hydrogens is 328 g/mol. The SMILES string of the molecule is O=C(OCc1ccccc1)c1ccc2c(c1)C(=O)C(=O)c1ccccc1-2. The molecule has 0 spiro atoms. The van der Waals surface area contributed by atoms with Crippen LogP contribution in [0.5, 0.6) is 0 Å². The number of ketones is 2. The molecule has 0 bridgehead atoms. The van der Waals surface area contributed by atoms with E-state index in [1.54, 1.807) is 30.3 Å². The van der Waals surface area contributed by atoms with E-state index in [0.29, 0.717) is 16.7 Å². The Morgan fingerprint density at radius 3 is 2.08 bits per heavy atom. The number of benzene rings is 3. The minimum Gasteiger partial charge on any atom is -0.457 e. The summed E-state index contributed by atoms with van der Waals surface area (Å²) in [5.41, 5.74) is 3.12. The van der Waals surface area contributed by atoms with Gasteiger partial charge in [-0.15, -0.1) is 0 Å². The lowest BCUT2D eigenvalue weighted by molar-refractivity contribution is 0.0472. The van der Waals surface area contributed by atoms with E-state index >= 15 is 0 Å². The van der Waals surface area contributed by atoms with Crippen molar-refractivity contribution in [2.24, 2.45) is 0 Å². The van der Waals surface area contributed by atoms with Gasteiger partial charge in [0, 0.05) is 11.1 Å². The lowest BCUT2D eigenvalue weighted by Crippen LogP contribution is -2.21. The highest BCUT2D eigenvalue weighted by Crippen LogP contribution is 2.33. The van der Waals surface area contributed by atoms with Gasteiger partial charge in [0.1, 0.15) is 6.61 Å². The van der Waals surface area contributed by atoms with Gasteiger partial charge in [-0.2, -0.15) is 0 Å². The van der Waals surface area contributed by atoms with E-state index in [-0.39, 0.29) is 17.7 Å². The molecule has 3 aromatic rings. The van der Waals surface area contributed by atoms with Gasteiger partial charge in [-0.3, -0.25) is 9.59 Å². The van der Waals surface area contributed by atoms with E-state index < -0.39 is 17.5 Å². The first-order valence-corrected chi connectivity index (χ1v) is 8.18. The summed E-state index contributed by atoms with van der Waals surface area (Å²) in [7, 11) is 0. The topological polar surface area (TPSA) is 60.4 Å². The zero-order valence-corrected chi connectivity index (χ0v) is 13.8. The average molecular weight is 342 g/mol. The summed E-state index contributed by atoms with van der Waals surface area (Å²) in [5.74, 6) is -1.69. The molecule has 0 aromatic heterocycles. The number of hydrogen-bond acceptors (Lipinski definition) is 4. The zero-order valence-electron chi connectivity index (χ0n) is 13.8. The molecule has 0 atom stereocenters. The Labute approximate surface area is 150 Å². The van der Waals surface area contributed by atoms with Crippen LogP contribution in [0.25, 0.3) is 11.1 Å². The first-order valence-electron chi connectivity index (χ1n) is 8.18. The number of ether oxygens (including phenoxy) is 1. The van der Waals surface area contributed by atoms with E-state index in [9.17, 15) is 14.4 Å². The van der Waals surface area contributed by atoms with Crippen LogP contribution in [0.1, 0.15) is 36.6 Å². The summed E-state index contributed by atoms with van der Waals surface area (Å²) in [6.45, 7) is 0.145. The van der Waals surface area contributed by atoms with Crippen molar-refractivity contribution in [2.45, 2.75) is 6.61 Å². The molecular formula is C22H14O4. The van der Waals surface area contributed by atoms with Gasteiger partial charge < -0.3 is 4.74 Å². The Kier molecular flexibility index (Phi) is 3.93. The maximum Gasteiger partial charge on any atom is 0.338 e. The molecule has 0 fully saturated rings. The third kappa shape index (κ3) is 2.71. The molecule has 0 amide bonds. The van der Waals surface area contributed by atoms with Gasteiger partial charge >= 0.3 is 5.97 Å². The molecule has 3 aromatic carbocycles. The summed E-state index contributed by atoms with van der Waals surface area (Å²) in [4.78, 5) is 37.1. The van der Waals surface area contributed by atoms with Crippen LogP contribution in [0.3, 0.4) is 0 Å². The highest BCUT2D eigenvalue weighted by atomic mass is 16.5. The predicted molar refractivity (Wildman–Crippen MR) is 96.1 cm³/mol. The van der Waals surface area contributed by atoms with Crippen molar-refractivity contribution in [3.63, 3.8) is 0 Å². The quantitative estimate of drug-likeness (QED) is 0.531. The summed E-state index contributed by atoms with van der Waals surface area (Å²) in [6, 6.07) is 21.1. The molecule has 0 aliphatic heterocycles. The van der Waals surface area contributed by atoms with Crippen LogP contribution in [0, 0.1) is 0 Å². The molecule has 0 saturated carbocycles. The molecule has 0 radical (unpaired) electrons. The van der Waals surface area contributed by atoms with Gasteiger partial charge in [0.2, 0.25) is 11.6 Å². The molecule has 1 aliphatic rings. The van der Waals surface area contributed by atoms with Gasteiger partial charge in [-0.1, -0.05) is 60.7 Å². The second-order valence-electron chi connectivity index (χ2n) is 6.03. The van der Waals surface area contributed by atoms with Gasteiger partial charge in [0.15, 0.2) is 0 Å². The molecule has 4 heteroatoms. The fourth-order valence-electron chi connectivity index (χ4n) is 3.06. The minimum absolute atomic E-state index is 0.145. The number of carbonyl (C=O) groups is 3. The van der Waals surface area contributed by atoms with Crippen LogP contribution in [0.15, 0.2) is 72.8 Å². The molecule has 1 aliphatic carbocycles. The second kappa shape index (κ2) is 6.41. The van der Waals surface area contributed by atoms with Crippen LogP contribution in [0.4, 0.5) is 0 Å². The maximum atomic E-state index is 12.4. The van der Waals surface area contributed by atoms with E-state index in [4.69, 9.17) is 4.74 Å². The van der Waals surface area contributed by atoms with E-state index in [1.165, 1.54) is 6.07 Å². The molecule has 0 saturated heterocycles. The number of carbonyl (C=O) groups excluding carboxylic acids is 3. The minimum atomic E-state index is -0.601. The zero-order chi connectivity index (χ0) is 18.1. The van der Waals surface area contributed by atoms with Crippen molar-refractivity contribution in [1.82, 2.24) is 0 Å². The van der Waals surface area contributed by atoms with Crippen LogP contribution >= 0.6 is 0 Å². The molecule has 0 unspecified atom stereocenters. The fraction of sp³-hybridized carbons (Fsp3) is 0.0455. The maximum absolute atomic E-state index is 12.4. The van der Waals surface area contributed by atoms with Crippen molar-refractivity contribution in [2.75, 3.05) is 0 Å². The lowest BCUT2D eigenvalue weighted by Gasteiger charge is -2.18. The number of esters is 1. The summed E-state index contributed by atoms with van der Waals surface area (Å²) in [6.07, 6.45) is 0. The lowest BCUT2D eigenvalue weighted by atomic mass is 9.83. The standard InChI is InChI=1S/C22H14O4/c23-20-18-9-5-4-8-16(18)17-11-10-15(12-19(17)21(20)24)22(25)26-13-14-6-2-1-3-7-14/h1-12H,13H2. The van der Waals surface area contributed by atoms with Crippen molar-refractivity contribution in [1.29, 1.82) is 0 Å². The average Bonchev–Trinajstić information content (AvgIpc) is 2.70. The normalized spacial score (nSPS) is 12.3. The van der Waals surface area contributed by atoms with Crippen LogP contribution < -0.4 is 0 Å². The monoisotopic (exact) mass is 342 g/mol. The van der Waals surface area contributed by atoms with Crippen LogP contribution in [0.2, 0.25) is 0 Å². The second-order valence-corrected chi connectivity index (χ2v) is 6.03. The molecule has 0 N–H and O–H groups in total. The van der Waals surface area contributed by atoms with Gasteiger partial charge in [0.05, 0.1) is 5.56 Å². The first-order chi connectivity index (χ1) is 12.6. The van der Waals surface area contributed by atoms with Crippen molar-refractivity contribution < 1.29 is 19.1 Å². The number of fused-ring (bicyclic) bond motifs is 3. The van der Waals surface area contributed by atoms with Crippen molar-refractivity contribution in [3.05, 3.63) is 95.1 Å². The van der Waals surface area contributed by atoms with Gasteiger partial charge in [-0.05, 0) is 28.8 Å². The highest BCUT2D eigenvalue weighted by Gasteiger charge is 2.30. The fourth-order valence-corrected chi connectivity index (χ4v) is 3.06. The Morgan fingerprint density at radius 1 is 0.692 bits per heavy atom. The smallest absolute Gasteiger partial charge is 0.338 e. The van der Waals surface area contributed by atoms with Gasteiger partial charge in [0.25, 0.3) is 0 Å². The highest BCUT2D eigenvalue weighted by molar-refractivity contribution is 6.53. The Balaban J connectivity index is 1.64. The van der Waals surface area contributed by atoms with E-state index in [2.05, 4.69) is 0 Å². The number of rotatable bonds is 3.